The molecule has 0 heterocycles. The van der Waals surface area contributed by atoms with Gasteiger partial charge in [-0.05, 0) is 0 Å². The Morgan fingerprint density at radius 2 is 1.76 bits per heavy atom. The maximum absolute atomic E-state index is 12.7. The van der Waals surface area contributed by atoms with Crippen molar-refractivity contribution in [1.82, 2.24) is 0 Å². The molecule has 0 unspecified atom stereocenters. The molecule has 118 valence electrons. The summed E-state index contributed by atoms with van der Waals surface area (Å²) < 4.78 is 24.6. The molecule has 0 atom stereocenters. The summed E-state index contributed by atoms with van der Waals surface area (Å²) in [5.74, 6) is 1.74. The van der Waals surface area contributed by atoms with Crippen molar-refractivity contribution in [1.29, 1.82) is 0 Å². The van der Waals surface area contributed by atoms with E-state index in [0.29, 0.717) is 13.2 Å². The molecule has 1 aromatic rings. The van der Waals surface area contributed by atoms with E-state index in [2.05, 4.69) is 19.1 Å². The molecule has 3 nitrogen and oxygen atoms in total. The molecule has 5 heteroatoms. The van der Waals surface area contributed by atoms with Crippen LogP contribution >= 0.6 is 7.60 Å². The first-order chi connectivity index (χ1) is 10.1. The molecule has 0 radical (unpaired) electrons. The van der Waals surface area contributed by atoms with Crippen LogP contribution in [0.25, 0.3) is 4.47 Å². The third kappa shape index (κ3) is 6.95. The predicted octanol–water partition coefficient (Wildman–Crippen LogP) is 5.17. The van der Waals surface area contributed by atoms with Gasteiger partial charge in [0.1, 0.15) is 0 Å². The van der Waals surface area contributed by atoms with Crippen LogP contribution in [0.3, 0.4) is 0 Å². The molecular weight excluding hydrogens is 350 g/mol. The van der Waals surface area contributed by atoms with E-state index in [1.165, 1.54) is 12.8 Å². The van der Waals surface area contributed by atoms with Gasteiger partial charge in [-0.25, -0.2) is 0 Å². The minimum absolute atomic E-state index is 0.279. The third-order valence-corrected chi connectivity index (χ3v) is 7.34. The first kappa shape index (κ1) is 18.7. The molecule has 0 bridgehead atoms. The Hall–Kier alpha value is -0.371. The fourth-order valence-corrected chi connectivity index (χ4v) is 6.48. The molecule has 0 amide bonds. The van der Waals surface area contributed by atoms with Gasteiger partial charge in [0.05, 0.1) is 0 Å². The molecule has 0 aliphatic rings. The van der Waals surface area contributed by atoms with Crippen molar-refractivity contribution in [2.45, 2.75) is 38.9 Å². The van der Waals surface area contributed by atoms with Crippen LogP contribution in [0.15, 0.2) is 36.1 Å². The summed E-state index contributed by atoms with van der Waals surface area (Å²) >= 11 is 0.279. The Labute approximate surface area is 134 Å². The van der Waals surface area contributed by atoms with E-state index in [-0.39, 0.29) is 15.0 Å². The average molecular weight is 375 g/mol. The maximum atomic E-state index is 12.7. The summed E-state index contributed by atoms with van der Waals surface area (Å²) in [5, 5.41) is 1.14. The van der Waals surface area contributed by atoms with Gasteiger partial charge in [-0.1, -0.05) is 0 Å². The van der Waals surface area contributed by atoms with Crippen LogP contribution in [-0.2, 0) is 13.6 Å². The van der Waals surface area contributed by atoms with Crippen molar-refractivity contribution >= 4 is 27.0 Å². The monoisotopic (exact) mass is 376 g/mol. The van der Waals surface area contributed by atoms with Gasteiger partial charge in [0.2, 0.25) is 0 Å². The summed E-state index contributed by atoms with van der Waals surface area (Å²) in [5.41, 5.74) is 1.12. The molecular formula is C16H25O3PSe. The molecule has 21 heavy (non-hydrogen) atoms. The van der Waals surface area contributed by atoms with Crippen LogP contribution < -0.4 is 0 Å². The van der Waals surface area contributed by atoms with Crippen molar-refractivity contribution in [3.8, 4) is 0 Å². The van der Waals surface area contributed by atoms with E-state index in [1.807, 2.05) is 32.0 Å². The standard InChI is InChI=1S/C16H25O3PSe/c1-4-7-13-21-16(15-11-9-8-10-12-15)14-20(17,18-5-2)19-6-3/h8-12,14H,4-7,13H2,1-3H3/b16-14+. The van der Waals surface area contributed by atoms with E-state index in [4.69, 9.17) is 9.05 Å². The van der Waals surface area contributed by atoms with Gasteiger partial charge >= 0.3 is 134 Å². The number of rotatable bonds is 10. The van der Waals surface area contributed by atoms with Crippen LogP contribution in [0.4, 0.5) is 0 Å². The first-order valence-electron chi connectivity index (χ1n) is 7.45. The topological polar surface area (TPSA) is 35.5 Å². The zero-order valence-corrected chi connectivity index (χ0v) is 15.7. The second-order valence-electron chi connectivity index (χ2n) is 4.44. The molecule has 0 spiro atoms. The Morgan fingerprint density at radius 1 is 1.14 bits per heavy atom. The van der Waals surface area contributed by atoms with Gasteiger partial charge in [0.25, 0.3) is 0 Å². The molecule has 0 fully saturated rings. The van der Waals surface area contributed by atoms with Crippen molar-refractivity contribution in [3.05, 3.63) is 41.7 Å². The Balaban J connectivity index is 3.03. The molecule has 0 aromatic heterocycles. The Kier molecular flexibility index (Phi) is 9.22. The van der Waals surface area contributed by atoms with Gasteiger partial charge in [0, 0.05) is 0 Å². The van der Waals surface area contributed by atoms with Crippen LogP contribution in [0.2, 0.25) is 5.32 Å². The van der Waals surface area contributed by atoms with Crippen LogP contribution in [-0.4, -0.2) is 28.2 Å². The second-order valence-corrected chi connectivity index (χ2v) is 8.68. The van der Waals surface area contributed by atoms with Crippen molar-refractivity contribution in [2.24, 2.45) is 0 Å². The summed E-state index contributed by atoms with van der Waals surface area (Å²) in [4.78, 5) is 0. The average Bonchev–Trinajstić information content (AvgIpc) is 2.48. The van der Waals surface area contributed by atoms with Crippen LogP contribution in [0.1, 0.15) is 39.2 Å². The third-order valence-electron chi connectivity index (χ3n) is 2.71. The SMILES string of the molecule is CCCC[Se]/C(=C/P(=O)(OCC)OCC)c1ccccc1. The summed E-state index contributed by atoms with van der Waals surface area (Å²) in [7, 11) is -3.14. The van der Waals surface area contributed by atoms with Crippen LogP contribution in [0, 0.1) is 0 Å². The van der Waals surface area contributed by atoms with Gasteiger partial charge in [-0.2, -0.15) is 0 Å². The van der Waals surface area contributed by atoms with E-state index in [9.17, 15) is 4.57 Å². The summed E-state index contributed by atoms with van der Waals surface area (Å²) in [6.45, 7) is 6.64. The molecule has 0 aliphatic carbocycles. The quantitative estimate of drug-likeness (QED) is 0.321. The fraction of sp³-hybridized carbons (Fsp3) is 0.500. The molecule has 1 rings (SSSR count). The second kappa shape index (κ2) is 10.4. The molecule has 0 N–H and O–H groups in total. The van der Waals surface area contributed by atoms with Gasteiger partial charge in [0.15, 0.2) is 0 Å². The molecule has 0 saturated heterocycles. The van der Waals surface area contributed by atoms with Crippen LogP contribution in [0.5, 0.6) is 0 Å². The van der Waals surface area contributed by atoms with Gasteiger partial charge in [-0.15, -0.1) is 0 Å². The summed E-state index contributed by atoms with van der Waals surface area (Å²) in [6.07, 6.45) is 2.37. The minimum atomic E-state index is -3.14. The van der Waals surface area contributed by atoms with E-state index in [1.54, 1.807) is 5.82 Å². The number of hydrogen-bond donors (Lipinski definition) is 0. The predicted molar refractivity (Wildman–Crippen MR) is 90.7 cm³/mol. The van der Waals surface area contributed by atoms with Gasteiger partial charge in [-0.3, -0.25) is 0 Å². The fourth-order valence-electron chi connectivity index (χ4n) is 1.74. The summed E-state index contributed by atoms with van der Waals surface area (Å²) in [6, 6.07) is 10.1. The van der Waals surface area contributed by atoms with E-state index in [0.717, 1.165) is 15.4 Å². The molecule has 0 saturated carbocycles. The Bertz CT molecular complexity index is 464. The van der Waals surface area contributed by atoms with E-state index < -0.39 is 7.60 Å². The molecule has 0 aliphatic heterocycles. The van der Waals surface area contributed by atoms with Gasteiger partial charge < -0.3 is 0 Å². The Morgan fingerprint density at radius 3 is 2.29 bits per heavy atom. The van der Waals surface area contributed by atoms with Crippen molar-refractivity contribution in [2.75, 3.05) is 13.2 Å². The van der Waals surface area contributed by atoms with E-state index >= 15 is 0 Å². The first-order valence-corrected chi connectivity index (χ1v) is 11.1. The normalized spacial score (nSPS) is 12.6. The zero-order chi connectivity index (χ0) is 15.6. The number of hydrogen-bond acceptors (Lipinski definition) is 3. The zero-order valence-electron chi connectivity index (χ0n) is 13.1. The van der Waals surface area contributed by atoms with Crippen molar-refractivity contribution in [3.63, 3.8) is 0 Å². The van der Waals surface area contributed by atoms with Crippen molar-refractivity contribution < 1.29 is 13.6 Å². The number of benzene rings is 1. The number of unbranched alkanes of at least 4 members (excludes halogenated alkanes) is 1. The molecule has 1 aromatic carbocycles.